The van der Waals surface area contributed by atoms with Crippen LogP contribution in [0.25, 0.3) is 0 Å². The van der Waals surface area contributed by atoms with Crippen LogP contribution in [0.2, 0.25) is 0 Å². The zero-order chi connectivity index (χ0) is 14.5. The molecule has 0 aromatic carbocycles. The molecule has 3 rings (SSSR count). The number of hydrogen-bond acceptors (Lipinski definition) is 4. The monoisotopic (exact) mass is 361 g/mol. The molecular weight excluding hydrogens is 337 g/mol. The molecule has 0 bridgehead atoms. The predicted molar refractivity (Wildman–Crippen MR) is 94.3 cm³/mol. The normalized spacial score (nSPS) is 26.2. The lowest BCUT2D eigenvalue weighted by molar-refractivity contribution is -0.137. The molecule has 2 aliphatic heterocycles. The summed E-state index contributed by atoms with van der Waals surface area (Å²) >= 11 is 0. The van der Waals surface area contributed by atoms with E-state index in [2.05, 4.69) is 15.6 Å². The van der Waals surface area contributed by atoms with E-state index in [1.165, 1.54) is 0 Å². The lowest BCUT2D eigenvalue weighted by Crippen LogP contribution is -2.52. The fourth-order valence-electron chi connectivity index (χ4n) is 3.34. The molecule has 3 heterocycles. The first kappa shape index (κ1) is 20.2. The first-order valence-electron chi connectivity index (χ1n) is 7.84. The number of hydrogen-bond donors (Lipinski definition) is 2. The van der Waals surface area contributed by atoms with Crippen molar-refractivity contribution in [2.24, 2.45) is 11.8 Å². The van der Waals surface area contributed by atoms with Gasteiger partial charge in [-0.25, -0.2) is 0 Å². The zero-order valence-electron chi connectivity index (χ0n) is 13.1. The van der Waals surface area contributed by atoms with Crippen LogP contribution in [0.3, 0.4) is 0 Å². The molecule has 0 saturated carbocycles. The van der Waals surface area contributed by atoms with Gasteiger partial charge in [0, 0.05) is 49.8 Å². The number of nitrogens with zero attached hydrogens (tertiary/aromatic N) is 1. The van der Waals surface area contributed by atoms with Gasteiger partial charge in [0.05, 0.1) is 6.10 Å². The minimum Gasteiger partial charge on any atom is -0.378 e. The van der Waals surface area contributed by atoms with Crippen LogP contribution in [-0.2, 0) is 16.0 Å². The average Bonchev–Trinajstić information content (AvgIpc) is 2.55. The molecule has 2 aliphatic rings. The van der Waals surface area contributed by atoms with Gasteiger partial charge in [0.15, 0.2) is 0 Å². The molecular formula is C16H25Cl2N3O2. The molecule has 23 heavy (non-hydrogen) atoms. The number of nitrogens with one attached hydrogen (secondary N) is 2. The van der Waals surface area contributed by atoms with Gasteiger partial charge in [0.2, 0.25) is 5.91 Å². The van der Waals surface area contributed by atoms with E-state index in [1.54, 1.807) is 6.20 Å². The van der Waals surface area contributed by atoms with E-state index in [0.29, 0.717) is 19.1 Å². The molecule has 1 amide bonds. The maximum Gasteiger partial charge on any atom is 0.223 e. The Bertz CT molecular complexity index is 474. The summed E-state index contributed by atoms with van der Waals surface area (Å²) in [6.07, 6.45) is 4.67. The van der Waals surface area contributed by atoms with Crippen molar-refractivity contribution >= 4 is 30.7 Å². The Morgan fingerprint density at radius 1 is 1.35 bits per heavy atom. The van der Waals surface area contributed by atoms with Crippen LogP contribution in [-0.4, -0.2) is 43.2 Å². The predicted octanol–water partition coefficient (Wildman–Crippen LogP) is 1.60. The Balaban J connectivity index is 0.00000132. The minimum atomic E-state index is 0. The van der Waals surface area contributed by atoms with Gasteiger partial charge in [-0.3, -0.25) is 9.78 Å². The molecule has 130 valence electrons. The Morgan fingerprint density at radius 2 is 2.22 bits per heavy atom. The number of carbonyl (C=O) groups is 1. The first-order valence-corrected chi connectivity index (χ1v) is 7.84. The maximum absolute atomic E-state index is 12.4. The minimum absolute atomic E-state index is 0. The number of halogens is 2. The molecule has 0 unspecified atom stereocenters. The van der Waals surface area contributed by atoms with Gasteiger partial charge in [0.25, 0.3) is 0 Å². The SMILES string of the molecule is Cl.Cl.O=C(NCCc1ccccn1)[C@@H]1CCO[C@@H]2CCNC[C@H]21. The molecule has 0 radical (unpaired) electrons. The molecule has 0 aliphatic carbocycles. The highest BCUT2D eigenvalue weighted by atomic mass is 35.5. The number of pyridine rings is 1. The average molecular weight is 362 g/mol. The van der Waals surface area contributed by atoms with Gasteiger partial charge in [-0.15, -0.1) is 24.8 Å². The summed E-state index contributed by atoms with van der Waals surface area (Å²) in [5.41, 5.74) is 1.02. The Labute approximate surface area is 149 Å². The van der Waals surface area contributed by atoms with Gasteiger partial charge < -0.3 is 15.4 Å². The lowest BCUT2D eigenvalue weighted by atomic mass is 9.79. The fraction of sp³-hybridized carbons (Fsp3) is 0.625. The van der Waals surface area contributed by atoms with Gasteiger partial charge in [-0.05, 0) is 31.5 Å². The van der Waals surface area contributed by atoms with Gasteiger partial charge >= 0.3 is 0 Å². The molecule has 0 spiro atoms. The number of aromatic nitrogens is 1. The summed E-state index contributed by atoms with van der Waals surface area (Å²) in [5.74, 6) is 0.579. The van der Waals surface area contributed by atoms with Crippen molar-refractivity contribution in [1.29, 1.82) is 0 Å². The third-order valence-corrected chi connectivity index (χ3v) is 4.48. The quantitative estimate of drug-likeness (QED) is 0.854. The summed E-state index contributed by atoms with van der Waals surface area (Å²) in [7, 11) is 0. The van der Waals surface area contributed by atoms with Gasteiger partial charge in [0.1, 0.15) is 0 Å². The molecule has 1 aromatic rings. The van der Waals surface area contributed by atoms with Crippen LogP contribution < -0.4 is 10.6 Å². The number of amides is 1. The van der Waals surface area contributed by atoms with Crippen molar-refractivity contribution in [3.05, 3.63) is 30.1 Å². The third kappa shape index (κ3) is 5.31. The Morgan fingerprint density at radius 3 is 3.00 bits per heavy atom. The molecule has 2 N–H and O–H groups in total. The van der Waals surface area contributed by atoms with E-state index in [0.717, 1.165) is 38.0 Å². The first-order chi connectivity index (χ1) is 10.3. The number of piperidine rings is 1. The van der Waals surface area contributed by atoms with Gasteiger partial charge in [-0.1, -0.05) is 6.07 Å². The van der Waals surface area contributed by atoms with Crippen LogP contribution in [0.4, 0.5) is 0 Å². The number of carbonyl (C=O) groups excluding carboxylic acids is 1. The Kier molecular flexibility index (Phi) is 8.84. The van der Waals surface area contributed by atoms with Crippen LogP contribution in [0.15, 0.2) is 24.4 Å². The second kappa shape index (κ2) is 10.1. The van der Waals surface area contributed by atoms with Crippen LogP contribution >= 0.6 is 24.8 Å². The van der Waals surface area contributed by atoms with E-state index in [4.69, 9.17) is 4.74 Å². The van der Waals surface area contributed by atoms with Crippen LogP contribution in [0.5, 0.6) is 0 Å². The van der Waals surface area contributed by atoms with Gasteiger partial charge in [-0.2, -0.15) is 0 Å². The highest BCUT2D eigenvalue weighted by molar-refractivity contribution is 5.85. The van der Waals surface area contributed by atoms with Crippen LogP contribution in [0, 0.1) is 11.8 Å². The molecule has 1 aromatic heterocycles. The maximum atomic E-state index is 12.4. The Hall–Kier alpha value is -0.880. The lowest BCUT2D eigenvalue weighted by Gasteiger charge is -2.40. The van der Waals surface area contributed by atoms with Crippen molar-refractivity contribution in [2.45, 2.75) is 25.4 Å². The fourth-order valence-corrected chi connectivity index (χ4v) is 3.34. The topological polar surface area (TPSA) is 63.2 Å². The van der Waals surface area contributed by atoms with E-state index < -0.39 is 0 Å². The highest BCUT2D eigenvalue weighted by Gasteiger charge is 2.39. The van der Waals surface area contributed by atoms with Crippen LogP contribution in [0.1, 0.15) is 18.5 Å². The second-order valence-electron chi connectivity index (χ2n) is 5.82. The number of rotatable bonds is 4. The van der Waals surface area contributed by atoms with E-state index in [1.807, 2.05) is 18.2 Å². The summed E-state index contributed by atoms with van der Waals surface area (Å²) in [6.45, 7) is 3.25. The van der Waals surface area contributed by atoms with E-state index in [-0.39, 0.29) is 42.7 Å². The number of ether oxygens (including phenoxy) is 1. The van der Waals surface area contributed by atoms with E-state index >= 15 is 0 Å². The molecule has 2 saturated heterocycles. The molecule has 3 atom stereocenters. The highest BCUT2D eigenvalue weighted by Crippen LogP contribution is 2.30. The number of fused-ring (bicyclic) bond motifs is 1. The molecule has 5 nitrogen and oxygen atoms in total. The van der Waals surface area contributed by atoms with Crippen molar-refractivity contribution in [2.75, 3.05) is 26.2 Å². The largest absolute Gasteiger partial charge is 0.378 e. The smallest absolute Gasteiger partial charge is 0.223 e. The van der Waals surface area contributed by atoms with Crippen molar-refractivity contribution in [3.63, 3.8) is 0 Å². The zero-order valence-corrected chi connectivity index (χ0v) is 14.7. The summed E-state index contributed by atoms with van der Waals surface area (Å²) < 4.78 is 5.81. The van der Waals surface area contributed by atoms with Crippen molar-refractivity contribution in [1.82, 2.24) is 15.6 Å². The third-order valence-electron chi connectivity index (χ3n) is 4.48. The summed E-state index contributed by atoms with van der Waals surface area (Å²) in [5, 5.41) is 6.45. The summed E-state index contributed by atoms with van der Waals surface area (Å²) in [4.78, 5) is 16.7. The second-order valence-corrected chi connectivity index (χ2v) is 5.82. The van der Waals surface area contributed by atoms with E-state index in [9.17, 15) is 4.79 Å². The summed E-state index contributed by atoms with van der Waals surface area (Å²) in [6, 6.07) is 5.86. The van der Waals surface area contributed by atoms with Crippen molar-refractivity contribution in [3.8, 4) is 0 Å². The molecule has 2 fully saturated rings. The molecule has 7 heteroatoms. The standard InChI is InChI=1S/C16H23N3O2.2ClH/c20-16(19-9-4-12-3-1-2-7-18-12)13-6-10-21-15-5-8-17-11-14(13)15;;/h1-3,7,13-15,17H,4-6,8-11H2,(H,19,20);2*1H/t13-,14+,15-;;/m1../s1. The van der Waals surface area contributed by atoms with Crippen molar-refractivity contribution < 1.29 is 9.53 Å².